The lowest BCUT2D eigenvalue weighted by Gasteiger charge is -2.34. The van der Waals surface area contributed by atoms with E-state index in [-0.39, 0.29) is 5.41 Å². The third kappa shape index (κ3) is 2.83. The third-order valence-electron chi connectivity index (χ3n) is 4.33. The first-order valence-corrected chi connectivity index (χ1v) is 7.29. The molecule has 116 valence electrons. The Labute approximate surface area is 125 Å². The highest BCUT2D eigenvalue weighted by atomic mass is 32.1. The summed E-state index contributed by atoms with van der Waals surface area (Å²) in [6, 6.07) is 0.913. The molecule has 1 saturated heterocycles. The summed E-state index contributed by atoms with van der Waals surface area (Å²) < 4.78 is 44.9. The highest BCUT2D eigenvalue weighted by Gasteiger charge is 2.51. The molecule has 0 aliphatic carbocycles. The van der Waals surface area contributed by atoms with Gasteiger partial charge in [-0.2, -0.15) is 13.2 Å². The van der Waals surface area contributed by atoms with Gasteiger partial charge in [-0.1, -0.05) is 13.8 Å². The van der Waals surface area contributed by atoms with Crippen molar-refractivity contribution in [1.82, 2.24) is 0 Å². The predicted molar refractivity (Wildman–Crippen MR) is 75.4 cm³/mol. The molecule has 1 aromatic rings. The number of carbonyl (C=O) groups is 1. The normalized spacial score (nSPS) is 20.8. The van der Waals surface area contributed by atoms with Crippen molar-refractivity contribution < 1.29 is 27.7 Å². The molecule has 0 saturated carbocycles. The Hall–Kier alpha value is -1.02. The molecule has 1 fully saturated rings. The lowest BCUT2D eigenvalue weighted by molar-refractivity contribution is -0.137. The van der Waals surface area contributed by atoms with Crippen LogP contribution in [-0.4, -0.2) is 23.6 Å². The molecule has 0 unspecified atom stereocenters. The fraction of sp³-hybridized carbons (Fsp3) is 0.615. The lowest BCUT2D eigenvalue weighted by Crippen LogP contribution is -2.35. The van der Waals surface area contributed by atoms with Gasteiger partial charge < -0.3 is 9.76 Å². The van der Waals surface area contributed by atoms with Gasteiger partial charge in [-0.3, -0.25) is 0 Å². The molecule has 1 aliphatic heterocycles. The van der Waals surface area contributed by atoms with Gasteiger partial charge in [-0.15, -0.1) is 11.3 Å². The summed E-state index contributed by atoms with van der Waals surface area (Å²) in [5.74, 6) is -1.56. The van der Waals surface area contributed by atoms with E-state index in [2.05, 4.69) is 0 Å². The van der Waals surface area contributed by atoms with Gasteiger partial charge in [0.05, 0.1) is 11.2 Å². The first-order chi connectivity index (χ1) is 9.35. The zero-order chi connectivity index (χ0) is 16.2. The molecule has 1 aliphatic rings. The summed E-state index contributed by atoms with van der Waals surface area (Å²) in [4.78, 5) is 10.3. The van der Waals surface area contributed by atoms with Crippen molar-refractivity contribution >= 4 is 29.0 Å². The van der Waals surface area contributed by atoms with Gasteiger partial charge in [-0.25, -0.2) is 4.79 Å². The van der Waals surface area contributed by atoms with Gasteiger partial charge in [0.25, 0.3) is 0 Å². The maximum atomic E-state index is 12.9. The Balaban J connectivity index is 2.42. The molecule has 0 bridgehead atoms. The van der Waals surface area contributed by atoms with Crippen LogP contribution in [0, 0.1) is 5.41 Å². The first kappa shape index (κ1) is 16.4. The van der Waals surface area contributed by atoms with E-state index in [1.165, 1.54) is 0 Å². The Bertz CT molecular complexity index is 562. The number of aromatic carboxylic acids is 1. The van der Waals surface area contributed by atoms with Crippen LogP contribution in [0.5, 0.6) is 0 Å². The Kier molecular flexibility index (Phi) is 3.69. The Morgan fingerprint density at radius 2 is 1.95 bits per heavy atom. The second-order valence-corrected chi connectivity index (χ2v) is 7.48. The van der Waals surface area contributed by atoms with Crippen LogP contribution in [-0.2, 0) is 10.8 Å². The van der Waals surface area contributed by atoms with E-state index >= 15 is 0 Å². The monoisotopic (exact) mass is 320 g/mol. The molecule has 2 rings (SSSR count). The van der Waals surface area contributed by atoms with Gasteiger partial charge in [0, 0.05) is 4.78 Å². The Morgan fingerprint density at radius 3 is 2.29 bits per heavy atom. The van der Waals surface area contributed by atoms with Crippen LogP contribution >= 0.6 is 11.3 Å². The Morgan fingerprint density at radius 1 is 1.38 bits per heavy atom. The van der Waals surface area contributed by atoms with Crippen LogP contribution in [0.2, 0.25) is 6.32 Å². The average Bonchev–Trinajstić information content (AvgIpc) is 2.78. The summed E-state index contributed by atoms with van der Waals surface area (Å²) in [7, 11) is 0. The fourth-order valence-electron chi connectivity index (χ4n) is 2.36. The van der Waals surface area contributed by atoms with Crippen LogP contribution in [0.15, 0.2) is 6.07 Å². The molecule has 0 radical (unpaired) electrons. The summed E-state index contributed by atoms with van der Waals surface area (Å²) in [5, 5.41) is 8.96. The van der Waals surface area contributed by atoms with Gasteiger partial charge in [0.2, 0.25) is 0 Å². The van der Waals surface area contributed by atoms with E-state index in [0.29, 0.717) is 22.4 Å². The minimum Gasteiger partial charge on any atom is -0.477 e. The average molecular weight is 320 g/mol. The van der Waals surface area contributed by atoms with Gasteiger partial charge >= 0.3 is 19.1 Å². The number of hydrogen-bond donors (Lipinski definition) is 1. The maximum absolute atomic E-state index is 12.9. The zero-order valence-electron chi connectivity index (χ0n) is 12.2. The SMILES string of the molecule is CC1(C)CB(c2cc(C(F)(F)F)c(C(=O)O)s2)OC1(C)C. The molecule has 0 spiro atoms. The summed E-state index contributed by atoms with van der Waals surface area (Å²) in [5.41, 5.74) is -1.78. The number of carboxylic acid groups (broad SMARTS) is 1. The van der Waals surface area contributed by atoms with Crippen molar-refractivity contribution in [3.63, 3.8) is 0 Å². The number of thiophene rings is 1. The highest BCUT2D eigenvalue weighted by molar-refractivity contribution is 7.24. The summed E-state index contributed by atoms with van der Waals surface area (Å²) in [6.07, 6.45) is -4.12. The quantitative estimate of drug-likeness (QED) is 0.849. The van der Waals surface area contributed by atoms with Crippen molar-refractivity contribution in [2.45, 2.75) is 45.8 Å². The molecule has 8 heteroatoms. The van der Waals surface area contributed by atoms with E-state index in [9.17, 15) is 18.0 Å². The van der Waals surface area contributed by atoms with Crippen LogP contribution in [0.3, 0.4) is 0 Å². The molecule has 1 N–H and O–H groups in total. The molecule has 3 nitrogen and oxygen atoms in total. The second kappa shape index (κ2) is 4.74. The smallest absolute Gasteiger partial charge is 0.418 e. The number of carboxylic acids is 1. The minimum atomic E-state index is -4.67. The summed E-state index contributed by atoms with van der Waals surface area (Å²) >= 11 is 0.649. The number of alkyl halides is 3. The molecule has 21 heavy (non-hydrogen) atoms. The van der Waals surface area contributed by atoms with Crippen molar-refractivity contribution in [2.75, 3.05) is 0 Å². The fourth-order valence-corrected chi connectivity index (χ4v) is 3.41. The van der Waals surface area contributed by atoms with E-state index in [1.807, 2.05) is 27.7 Å². The molecule has 2 heterocycles. The van der Waals surface area contributed by atoms with E-state index in [4.69, 9.17) is 9.76 Å². The van der Waals surface area contributed by atoms with Gasteiger partial charge in [0.15, 0.2) is 0 Å². The maximum Gasteiger partial charge on any atom is 0.418 e. The van der Waals surface area contributed by atoms with E-state index in [0.717, 1.165) is 6.07 Å². The highest BCUT2D eigenvalue weighted by Crippen LogP contribution is 2.46. The van der Waals surface area contributed by atoms with Crippen molar-refractivity contribution in [1.29, 1.82) is 0 Å². The molecule has 1 aromatic heterocycles. The molecular formula is C13H16BF3O3S. The van der Waals surface area contributed by atoms with Gasteiger partial charge in [-0.05, 0) is 31.6 Å². The van der Waals surface area contributed by atoms with Crippen molar-refractivity contribution in [2.24, 2.45) is 5.41 Å². The standard InChI is InChI=1S/C13H16BF3O3S/c1-11(2)6-14(20-12(11,3)4)8-5-7(13(15,16)17)9(21-8)10(18)19/h5H,6H2,1-4H3,(H,18,19). The molecule has 0 aromatic carbocycles. The van der Waals surface area contributed by atoms with Crippen LogP contribution in [0.1, 0.15) is 42.9 Å². The molecule has 0 atom stereocenters. The minimum absolute atomic E-state index is 0.205. The zero-order valence-corrected chi connectivity index (χ0v) is 13.0. The summed E-state index contributed by atoms with van der Waals surface area (Å²) in [6.45, 7) is 7.26. The van der Waals surface area contributed by atoms with Crippen molar-refractivity contribution in [3.8, 4) is 0 Å². The van der Waals surface area contributed by atoms with E-state index < -0.39 is 35.1 Å². The van der Waals surface area contributed by atoms with Gasteiger partial charge in [0.1, 0.15) is 4.88 Å². The number of halogens is 3. The largest absolute Gasteiger partial charge is 0.477 e. The lowest BCUT2D eigenvalue weighted by atomic mass is 9.57. The van der Waals surface area contributed by atoms with Crippen molar-refractivity contribution in [3.05, 3.63) is 16.5 Å². The number of rotatable bonds is 2. The topological polar surface area (TPSA) is 46.5 Å². The van der Waals surface area contributed by atoms with Crippen LogP contribution in [0.4, 0.5) is 13.2 Å². The van der Waals surface area contributed by atoms with Crippen LogP contribution in [0.25, 0.3) is 0 Å². The van der Waals surface area contributed by atoms with E-state index in [1.54, 1.807) is 0 Å². The first-order valence-electron chi connectivity index (χ1n) is 6.47. The molecule has 0 amide bonds. The molecular weight excluding hydrogens is 304 g/mol. The second-order valence-electron chi connectivity index (χ2n) is 6.40. The number of hydrogen-bond acceptors (Lipinski definition) is 3. The van der Waals surface area contributed by atoms with Crippen LogP contribution < -0.4 is 4.78 Å². The predicted octanol–water partition coefficient (Wildman–Crippen LogP) is 3.50. The third-order valence-corrected chi connectivity index (χ3v) is 5.55.